The predicted molar refractivity (Wildman–Crippen MR) is 83.2 cm³/mol. The third-order valence-corrected chi connectivity index (χ3v) is 5.12. The molecule has 0 radical (unpaired) electrons. The van der Waals surface area contributed by atoms with Crippen LogP contribution >= 0.6 is 0 Å². The number of benzene rings is 1. The number of aryl methyl sites for hydroxylation is 1. The van der Waals surface area contributed by atoms with Crippen molar-refractivity contribution >= 4 is 15.7 Å². The van der Waals surface area contributed by atoms with Crippen LogP contribution in [-0.2, 0) is 10.0 Å². The van der Waals surface area contributed by atoms with E-state index in [1.54, 1.807) is 6.92 Å². The third-order valence-electron chi connectivity index (χ3n) is 3.21. The number of nitrogens with zero attached hydrogens (tertiary/aromatic N) is 2. The van der Waals surface area contributed by atoms with E-state index < -0.39 is 15.8 Å². The van der Waals surface area contributed by atoms with E-state index in [9.17, 15) is 12.8 Å². The molecule has 1 aromatic rings. The van der Waals surface area contributed by atoms with Gasteiger partial charge in [0, 0.05) is 25.3 Å². The van der Waals surface area contributed by atoms with Gasteiger partial charge in [-0.2, -0.15) is 4.31 Å². The fourth-order valence-electron chi connectivity index (χ4n) is 1.92. The zero-order chi connectivity index (χ0) is 16.2. The standard InChI is InChI=1S/C14H24FN3O2S/c1-5-6-18(8-7-17(3)4)21(19,20)14-10-13(16)11(2)9-12(14)15/h9-10H,5-8,16H2,1-4H3. The summed E-state index contributed by atoms with van der Waals surface area (Å²) in [5, 5.41) is 0. The molecule has 0 atom stereocenters. The van der Waals surface area contributed by atoms with Crippen LogP contribution < -0.4 is 5.73 Å². The summed E-state index contributed by atoms with van der Waals surface area (Å²) in [6.45, 7) is 4.77. The number of sulfonamides is 1. The second-order valence-corrected chi connectivity index (χ2v) is 7.25. The molecule has 0 aromatic heterocycles. The van der Waals surface area contributed by atoms with Gasteiger partial charge in [0.1, 0.15) is 10.7 Å². The van der Waals surface area contributed by atoms with Crippen molar-refractivity contribution in [2.75, 3.05) is 39.5 Å². The van der Waals surface area contributed by atoms with Gasteiger partial charge in [0.25, 0.3) is 0 Å². The Kier molecular flexibility index (Phi) is 6.12. The highest BCUT2D eigenvalue weighted by molar-refractivity contribution is 7.89. The highest BCUT2D eigenvalue weighted by Gasteiger charge is 2.27. The topological polar surface area (TPSA) is 66.6 Å². The lowest BCUT2D eigenvalue weighted by Crippen LogP contribution is -2.37. The van der Waals surface area contributed by atoms with Crippen LogP contribution in [0.5, 0.6) is 0 Å². The summed E-state index contributed by atoms with van der Waals surface area (Å²) in [5.74, 6) is -0.757. The number of likely N-dealkylation sites (N-methyl/N-ethyl adjacent to an activating group) is 1. The quantitative estimate of drug-likeness (QED) is 0.777. The monoisotopic (exact) mass is 317 g/mol. The maximum absolute atomic E-state index is 14.1. The van der Waals surface area contributed by atoms with E-state index in [4.69, 9.17) is 5.73 Å². The van der Waals surface area contributed by atoms with Crippen LogP contribution in [0.1, 0.15) is 18.9 Å². The van der Waals surface area contributed by atoms with Crippen LogP contribution in [0.4, 0.5) is 10.1 Å². The Balaban J connectivity index is 3.19. The lowest BCUT2D eigenvalue weighted by atomic mass is 10.2. The Labute approximate surface area is 126 Å². The minimum atomic E-state index is -3.88. The Morgan fingerprint density at radius 1 is 1.19 bits per heavy atom. The van der Waals surface area contributed by atoms with Crippen LogP contribution in [0.2, 0.25) is 0 Å². The normalized spacial score (nSPS) is 12.3. The Bertz CT molecular complexity index is 588. The number of nitrogen functional groups attached to an aromatic ring is 1. The zero-order valence-electron chi connectivity index (χ0n) is 13.1. The molecule has 5 nitrogen and oxygen atoms in total. The van der Waals surface area contributed by atoms with Crippen LogP contribution in [0, 0.1) is 12.7 Å². The first-order valence-electron chi connectivity index (χ1n) is 6.90. The van der Waals surface area contributed by atoms with Crippen LogP contribution in [0.25, 0.3) is 0 Å². The average molecular weight is 317 g/mol. The largest absolute Gasteiger partial charge is 0.398 e. The van der Waals surface area contributed by atoms with E-state index in [2.05, 4.69) is 0 Å². The molecule has 120 valence electrons. The molecular formula is C14H24FN3O2S. The lowest BCUT2D eigenvalue weighted by molar-refractivity contribution is 0.332. The van der Waals surface area contributed by atoms with Crippen molar-refractivity contribution in [3.05, 3.63) is 23.5 Å². The van der Waals surface area contributed by atoms with Crippen LogP contribution in [0.15, 0.2) is 17.0 Å². The van der Waals surface area contributed by atoms with Crippen molar-refractivity contribution in [3.63, 3.8) is 0 Å². The molecule has 0 aliphatic carbocycles. The molecule has 21 heavy (non-hydrogen) atoms. The van der Waals surface area contributed by atoms with E-state index in [1.165, 1.54) is 10.4 Å². The van der Waals surface area contributed by atoms with E-state index in [0.717, 1.165) is 6.07 Å². The summed E-state index contributed by atoms with van der Waals surface area (Å²) in [6.07, 6.45) is 0.662. The maximum Gasteiger partial charge on any atom is 0.246 e. The van der Waals surface area contributed by atoms with Crippen molar-refractivity contribution in [2.24, 2.45) is 0 Å². The van der Waals surface area contributed by atoms with Crippen molar-refractivity contribution < 1.29 is 12.8 Å². The summed E-state index contributed by atoms with van der Waals surface area (Å²) in [4.78, 5) is 1.54. The van der Waals surface area contributed by atoms with Gasteiger partial charge in [-0.15, -0.1) is 0 Å². The smallest absolute Gasteiger partial charge is 0.246 e. The van der Waals surface area contributed by atoms with Crippen molar-refractivity contribution in [2.45, 2.75) is 25.2 Å². The molecule has 7 heteroatoms. The number of rotatable bonds is 7. The van der Waals surface area contributed by atoms with Gasteiger partial charge in [0.05, 0.1) is 0 Å². The first kappa shape index (κ1) is 17.9. The van der Waals surface area contributed by atoms with E-state index in [0.29, 0.717) is 31.6 Å². The zero-order valence-corrected chi connectivity index (χ0v) is 13.9. The second-order valence-electron chi connectivity index (χ2n) is 5.35. The van der Waals surface area contributed by atoms with Crippen LogP contribution in [-0.4, -0.2) is 51.4 Å². The number of halogens is 1. The van der Waals surface area contributed by atoms with Crippen molar-refractivity contribution in [1.82, 2.24) is 9.21 Å². The summed E-state index contributed by atoms with van der Waals surface area (Å²) in [5.41, 5.74) is 6.53. The molecular weight excluding hydrogens is 293 g/mol. The predicted octanol–water partition coefficient (Wildman–Crippen LogP) is 1.68. The molecule has 0 aliphatic heterocycles. The minimum absolute atomic E-state index is 0.277. The number of nitrogens with two attached hydrogens (primary N) is 1. The molecule has 0 unspecified atom stereocenters. The van der Waals surface area contributed by atoms with Crippen molar-refractivity contribution in [3.8, 4) is 0 Å². The van der Waals surface area contributed by atoms with Gasteiger partial charge in [0.15, 0.2) is 0 Å². The minimum Gasteiger partial charge on any atom is -0.398 e. The Morgan fingerprint density at radius 2 is 1.81 bits per heavy atom. The SMILES string of the molecule is CCCN(CCN(C)C)S(=O)(=O)c1cc(N)c(C)cc1F. The molecule has 2 N–H and O–H groups in total. The summed E-state index contributed by atoms with van der Waals surface area (Å²) in [7, 11) is -0.153. The molecule has 0 bridgehead atoms. The van der Waals surface area contributed by atoms with E-state index in [1.807, 2.05) is 25.9 Å². The van der Waals surface area contributed by atoms with Gasteiger partial charge >= 0.3 is 0 Å². The van der Waals surface area contributed by atoms with E-state index >= 15 is 0 Å². The fraction of sp³-hybridized carbons (Fsp3) is 0.571. The lowest BCUT2D eigenvalue weighted by Gasteiger charge is -2.24. The molecule has 1 aromatic carbocycles. The first-order valence-corrected chi connectivity index (χ1v) is 8.34. The van der Waals surface area contributed by atoms with Gasteiger partial charge in [-0.1, -0.05) is 6.92 Å². The molecule has 0 fully saturated rings. The molecule has 1 rings (SSSR count). The van der Waals surface area contributed by atoms with Gasteiger partial charge in [0.2, 0.25) is 10.0 Å². The fourth-order valence-corrected chi connectivity index (χ4v) is 3.52. The third kappa shape index (κ3) is 4.39. The molecule has 0 heterocycles. The van der Waals surface area contributed by atoms with Crippen molar-refractivity contribution in [1.29, 1.82) is 0 Å². The second kappa shape index (κ2) is 7.20. The van der Waals surface area contributed by atoms with E-state index in [-0.39, 0.29) is 10.6 Å². The van der Waals surface area contributed by atoms with Gasteiger partial charge < -0.3 is 10.6 Å². The Morgan fingerprint density at radius 3 is 2.33 bits per heavy atom. The number of hydrogen-bond donors (Lipinski definition) is 1. The number of hydrogen-bond acceptors (Lipinski definition) is 4. The summed E-state index contributed by atoms with van der Waals surface area (Å²) >= 11 is 0. The maximum atomic E-state index is 14.1. The summed E-state index contributed by atoms with van der Waals surface area (Å²) in [6, 6.07) is 2.37. The summed E-state index contributed by atoms with van der Waals surface area (Å²) < 4.78 is 40.6. The van der Waals surface area contributed by atoms with Gasteiger partial charge in [-0.05, 0) is 45.1 Å². The molecule has 0 spiro atoms. The number of anilines is 1. The first-order chi connectivity index (χ1) is 9.70. The van der Waals surface area contributed by atoms with Gasteiger partial charge in [-0.25, -0.2) is 12.8 Å². The Hall–Kier alpha value is -1.18. The highest BCUT2D eigenvalue weighted by atomic mass is 32.2. The van der Waals surface area contributed by atoms with Gasteiger partial charge in [-0.3, -0.25) is 0 Å². The van der Waals surface area contributed by atoms with Crippen LogP contribution in [0.3, 0.4) is 0 Å². The molecule has 0 aliphatic rings. The molecule has 0 saturated heterocycles. The highest BCUT2D eigenvalue weighted by Crippen LogP contribution is 2.24. The molecule has 0 saturated carbocycles. The average Bonchev–Trinajstić information content (AvgIpc) is 2.38. The molecule has 0 amide bonds.